The molecule has 14 heteroatoms. The molecule has 0 aromatic carbocycles. The lowest BCUT2D eigenvalue weighted by Gasteiger charge is -2.33. The van der Waals surface area contributed by atoms with Gasteiger partial charge in [-0.3, -0.25) is 4.79 Å². The number of pyridine rings is 2. The Morgan fingerprint density at radius 3 is 2.56 bits per heavy atom. The number of Topliss-reactive ketones (excluding diaryl/α,β-unsaturated/α-hetero) is 1. The molecule has 1 aliphatic rings. The third kappa shape index (κ3) is 5.99. The number of nitrogens with zero attached hydrogens (tertiary/aromatic N) is 7. The van der Waals surface area contributed by atoms with Crippen LogP contribution in [0.1, 0.15) is 55.8 Å². The molecular weight excluding hydrogens is 560 g/mol. The maximum Gasteiger partial charge on any atom is 0.410 e. The van der Waals surface area contributed by atoms with E-state index in [0.717, 1.165) is 11.9 Å². The molecule has 1 fully saturated rings. The summed E-state index contributed by atoms with van der Waals surface area (Å²) in [6, 6.07) is 2.27. The van der Waals surface area contributed by atoms with E-state index in [1.165, 1.54) is 10.7 Å². The molecular formula is C27H28ClF2N7O4. The number of carbonyl (C=O) groups is 2. The van der Waals surface area contributed by atoms with Crippen molar-refractivity contribution in [3.63, 3.8) is 0 Å². The Labute approximate surface area is 239 Å². The normalized spacial score (nSPS) is 14.5. The molecule has 11 nitrogen and oxygen atoms in total. The zero-order valence-electron chi connectivity index (χ0n) is 22.9. The molecule has 4 aromatic rings. The average molecular weight is 588 g/mol. The summed E-state index contributed by atoms with van der Waals surface area (Å²) in [7, 11) is 0. The van der Waals surface area contributed by atoms with Crippen molar-refractivity contribution < 1.29 is 27.8 Å². The number of ether oxygens (including phenoxy) is 2. The Morgan fingerprint density at radius 1 is 1.15 bits per heavy atom. The summed E-state index contributed by atoms with van der Waals surface area (Å²) >= 11 is 6.33. The number of likely N-dealkylation sites (tertiary alicyclic amines) is 1. The van der Waals surface area contributed by atoms with Crippen molar-refractivity contribution in [2.75, 3.05) is 19.7 Å². The van der Waals surface area contributed by atoms with Gasteiger partial charge in [-0.15, -0.1) is 5.10 Å². The van der Waals surface area contributed by atoms with Gasteiger partial charge in [-0.2, -0.15) is 5.10 Å². The van der Waals surface area contributed by atoms with Crippen LogP contribution in [0.25, 0.3) is 16.8 Å². The van der Waals surface area contributed by atoms with Crippen LogP contribution in [-0.2, 0) is 4.74 Å². The molecule has 1 aliphatic heterocycles. The van der Waals surface area contributed by atoms with Gasteiger partial charge in [0.15, 0.2) is 12.4 Å². The molecule has 216 valence electrons. The molecule has 41 heavy (non-hydrogen) atoms. The van der Waals surface area contributed by atoms with Gasteiger partial charge in [-0.05, 0) is 46.6 Å². The maximum absolute atomic E-state index is 14.0. The van der Waals surface area contributed by atoms with E-state index in [9.17, 15) is 18.4 Å². The predicted octanol–water partition coefficient (Wildman–Crippen LogP) is 5.06. The van der Waals surface area contributed by atoms with E-state index < -0.39 is 35.3 Å². The van der Waals surface area contributed by atoms with Gasteiger partial charge >= 0.3 is 6.09 Å². The van der Waals surface area contributed by atoms with Gasteiger partial charge in [0, 0.05) is 30.9 Å². The number of hydrogen-bond donors (Lipinski definition) is 0. The SMILES string of the molecule is Cc1c(-c2cc(OCC(=O)c3ncc(F)cc3F)c3c(Cl)cnn3c2)nnn1C1CCN(C(=O)OC(C)(C)C)CC1. The van der Waals surface area contributed by atoms with Gasteiger partial charge in [-0.25, -0.2) is 27.8 Å². The predicted molar refractivity (Wildman–Crippen MR) is 144 cm³/mol. The molecule has 0 spiro atoms. The van der Waals surface area contributed by atoms with E-state index in [-0.39, 0.29) is 22.9 Å². The Bertz CT molecular complexity index is 1620. The average Bonchev–Trinajstić information content (AvgIpc) is 3.48. The van der Waals surface area contributed by atoms with Crippen molar-refractivity contribution >= 4 is 29.0 Å². The number of hydrogen-bond acceptors (Lipinski definition) is 8. The van der Waals surface area contributed by atoms with Gasteiger partial charge in [0.2, 0.25) is 5.78 Å². The van der Waals surface area contributed by atoms with Crippen LogP contribution in [0, 0.1) is 18.6 Å². The third-order valence-corrected chi connectivity index (χ3v) is 6.90. The molecule has 1 amide bonds. The molecule has 4 aromatic heterocycles. The van der Waals surface area contributed by atoms with Crippen LogP contribution in [-0.4, -0.2) is 71.7 Å². The number of rotatable bonds is 6. The number of halogens is 3. The minimum atomic E-state index is -1.08. The van der Waals surface area contributed by atoms with E-state index in [1.54, 1.807) is 17.2 Å². The molecule has 0 aliphatic carbocycles. The van der Waals surface area contributed by atoms with Crippen LogP contribution < -0.4 is 4.74 Å². The fraction of sp³-hybridized carbons (Fsp3) is 0.407. The van der Waals surface area contributed by atoms with Crippen molar-refractivity contribution in [2.45, 2.75) is 52.2 Å². The summed E-state index contributed by atoms with van der Waals surface area (Å²) < 4.78 is 41.8. The second-order valence-corrected chi connectivity index (χ2v) is 11.1. The quantitative estimate of drug-likeness (QED) is 0.287. The summed E-state index contributed by atoms with van der Waals surface area (Å²) in [6.45, 7) is 7.89. The molecule has 0 radical (unpaired) electrons. The van der Waals surface area contributed by atoms with Crippen LogP contribution >= 0.6 is 11.6 Å². The van der Waals surface area contributed by atoms with Crippen molar-refractivity contribution in [3.05, 3.63) is 58.8 Å². The zero-order chi connectivity index (χ0) is 29.5. The number of piperidine rings is 1. The summed E-state index contributed by atoms with van der Waals surface area (Å²) in [6.07, 6.45) is 4.93. The van der Waals surface area contributed by atoms with Crippen molar-refractivity contribution in [1.29, 1.82) is 0 Å². The van der Waals surface area contributed by atoms with Gasteiger partial charge in [0.1, 0.15) is 34.1 Å². The van der Waals surface area contributed by atoms with Gasteiger partial charge < -0.3 is 14.4 Å². The van der Waals surface area contributed by atoms with Crippen LogP contribution in [0.2, 0.25) is 5.02 Å². The first-order valence-electron chi connectivity index (χ1n) is 13.0. The lowest BCUT2D eigenvalue weighted by Crippen LogP contribution is -2.42. The summed E-state index contributed by atoms with van der Waals surface area (Å²) in [5.41, 5.74) is 1.26. The standard InChI is InChI=1S/C27H28ClF2N7O4/c1-15-23(33-34-37(15)18-5-7-35(8-6-18)26(39)41-27(2,3)4)16-9-22(25-19(28)12-32-36(25)13-16)40-14-21(38)24-20(30)10-17(29)11-31-24/h9-13,18H,5-8,14H2,1-4H3. The number of amides is 1. The molecule has 1 saturated heterocycles. The minimum absolute atomic E-state index is 0.0317. The van der Waals surface area contributed by atoms with E-state index in [0.29, 0.717) is 48.8 Å². The zero-order valence-corrected chi connectivity index (χ0v) is 23.7. The van der Waals surface area contributed by atoms with E-state index >= 15 is 0 Å². The second-order valence-electron chi connectivity index (χ2n) is 10.7. The Hall–Kier alpha value is -4.13. The first kappa shape index (κ1) is 28.4. The Balaban J connectivity index is 1.36. The van der Waals surface area contributed by atoms with Crippen LogP contribution in [0.5, 0.6) is 5.75 Å². The van der Waals surface area contributed by atoms with E-state index in [2.05, 4.69) is 20.4 Å². The first-order valence-corrected chi connectivity index (χ1v) is 13.3. The van der Waals surface area contributed by atoms with Crippen molar-refractivity contribution in [1.82, 2.24) is 34.5 Å². The summed E-state index contributed by atoms with van der Waals surface area (Å²) in [5.74, 6) is -2.54. The van der Waals surface area contributed by atoms with E-state index in [4.69, 9.17) is 21.1 Å². The van der Waals surface area contributed by atoms with E-state index in [1.807, 2.05) is 32.4 Å². The Kier molecular flexibility index (Phi) is 7.64. The highest BCUT2D eigenvalue weighted by atomic mass is 35.5. The number of ketones is 1. The van der Waals surface area contributed by atoms with Crippen LogP contribution in [0.3, 0.4) is 0 Å². The third-order valence-electron chi connectivity index (χ3n) is 6.63. The lowest BCUT2D eigenvalue weighted by atomic mass is 10.0. The topological polar surface area (TPSA) is 117 Å². The lowest BCUT2D eigenvalue weighted by molar-refractivity contribution is 0.0183. The minimum Gasteiger partial charge on any atom is -0.483 e. The summed E-state index contributed by atoms with van der Waals surface area (Å²) in [5, 5.41) is 13.3. The van der Waals surface area contributed by atoms with Crippen molar-refractivity contribution in [2.24, 2.45) is 0 Å². The Morgan fingerprint density at radius 2 is 1.88 bits per heavy atom. The molecule has 5 heterocycles. The smallest absolute Gasteiger partial charge is 0.410 e. The highest BCUT2D eigenvalue weighted by Gasteiger charge is 2.29. The molecule has 0 bridgehead atoms. The van der Waals surface area contributed by atoms with Crippen LogP contribution in [0.15, 0.2) is 30.7 Å². The highest BCUT2D eigenvalue weighted by molar-refractivity contribution is 6.34. The first-order chi connectivity index (χ1) is 19.4. The van der Waals surface area contributed by atoms with Gasteiger partial charge in [0.05, 0.1) is 29.2 Å². The highest BCUT2D eigenvalue weighted by Crippen LogP contribution is 2.34. The monoisotopic (exact) mass is 587 g/mol. The summed E-state index contributed by atoms with van der Waals surface area (Å²) in [4.78, 5) is 30.2. The van der Waals surface area contributed by atoms with Crippen molar-refractivity contribution in [3.8, 4) is 17.0 Å². The molecule has 5 rings (SSSR count). The van der Waals surface area contributed by atoms with Crippen LogP contribution in [0.4, 0.5) is 13.6 Å². The molecule has 0 atom stereocenters. The number of aromatic nitrogens is 6. The largest absolute Gasteiger partial charge is 0.483 e. The number of carbonyl (C=O) groups excluding carboxylic acids is 2. The number of fused-ring (bicyclic) bond motifs is 1. The fourth-order valence-electron chi connectivity index (χ4n) is 4.69. The fourth-order valence-corrected chi connectivity index (χ4v) is 4.92. The molecule has 0 saturated carbocycles. The van der Waals surface area contributed by atoms with Gasteiger partial charge in [0.25, 0.3) is 0 Å². The maximum atomic E-state index is 14.0. The molecule has 0 N–H and O–H groups in total. The molecule has 0 unspecified atom stereocenters. The van der Waals surface area contributed by atoms with Gasteiger partial charge in [-0.1, -0.05) is 16.8 Å². The second kappa shape index (κ2) is 11.0.